The van der Waals surface area contributed by atoms with Crippen LogP contribution in [0.5, 0.6) is 0 Å². The van der Waals surface area contributed by atoms with Crippen LogP contribution in [0.1, 0.15) is 5.76 Å². The third-order valence-corrected chi connectivity index (χ3v) is 2.44. The van der Waals surface area contributed by atoms with E-state index in [-0.39, 0.29) is 13.1 Å². The molecule has 1 amide bonds. The third kappa shape index (κ3) is 1.69. The molecule has 1 aromatic heterocycles. The molecule has 6 heteroatoms. The predicted octanol–water partition coefficient (Wildman–Crippen LogP) is -0.108. The van der Waals surface area contributed by atoms with Crippen molar-refractivity contribution in [2.45, 2.75) is 6.54 Å². The van der Waals surface area contributed by atoms with Gasteiger partial charge in [-0.05, 0) is 12.1 Å². The zero-order valence-electron chi connectivity index (χ0n) is 8.25. The van der Waals surface area contributed by atoms with Gasteiger partial charge in [-0.3, -0.25) is 14.4 Å². The molecule has 1 N–H and O–H groups in total. The summed E-state index contributed by atoms with van der Waals surface area (Å²) in [7, 11) is 0. The topological polar surface area (TPSA) is 87.8 Å². The number of hydrogen-bond acceptors (Lipinski definition) is 4. The van der Waals surface area contributed by atoms with E-state index in [9.17, 15) is 14.4 Å². The lowest BCUT2D eigenvalue weighted by Crippen LogP contribution is -2.26. The average molecular weight is 223 g/mol. The Balaban J connectivity index is 2.11. The largest absolute Gasteiger partial charge is 0.481 e. The number of nitrogens with zero attached hydrogens (tertiary/aromatic N) is 1. The molecule has 6 nitrogen and oxygen atoms in total. The van der Waals surface area contributed by atoms with Crippen LogP contribution in [0.25, 0.3) is 0 Å². The summed E-state index contributed by atoms with van der Waals surface area (Å²) >= 11 is 0. The van der Waals surface area contributed by atoms with Crippen LogP contribution in [0.15, 0.2) is 22.8 Å². The second-order valence-electron chi connectivity index (χ2n) is 3.52. The highest BCUT2D eigenvalue weighted by Crippen LogP contribution is 2.17. The van der Waals surface area contributed by atoms with Crippen LogP contribution in [0.4, 0.5) is 0 Å². The Morgan fingerprint density at radius 1 is 1.56 bits per heavy atom. The molecule has 1 aliphatic rings. The summed E-state index contributed by atoms with van der Waals surface area (Å²) in [6.45, 7) is 0.0368. The number of ketones is 1. The number of carbonyl (C=O) groups excluding carboxylic acids is 2. The van der Waals surface area contributed by atoms with Gasteiger partial charge in [0.1, 0.15) is 11.7 Å². The molecule has 84 valence electrons. The van der Waals surface area contributed by atoms with Gasteiger partial charge in [-0.2, -0.15) is 0 Å². The highest BCUT2D eigenvalue weighted by Gasteiger charge is 2.43. The minimum atomic E-state index is -1.26. The highest BCUT2D eigenvalue weighted by molar-refractivity contribution is 6.42. The van der Waals surface area contributed by atoms with Crippen molar-refractivity contribution in [1.82, 2.24) is 4.90 Å². The quantitative estimate of drug-likeness (QED) is 0.570. The number of aliphatic carboxylic acids is 1. The maximum absolute atomic E-state index is 11.4. The summed E-state index contributed by atoms with van der Waals surface area (Å²) < 4.78 is 5.02. The van der Waals surface area contributed by atoms with Gasteiger partial charge in [-0.1, -0.05) is 0 Å². The monoisotopic (exact) mass is 223 g/mol. The fourth-order valence-electron chi connectivity index (χ4n) is 1.61. The number of rotatable bonds is 3. The van der Waals surface area contributed by atoms with E-state index < -0.39 is 23.6 Å². The summed E-state index contributed by atoms with van der Waals surface area (Å²) in [4.78, 5) is 34.6. The molecule has 0 spiro atoms. The van der Waals surface area contributed by atoms with Crippen LogP contribution in [0.3, 0.4) is 0 Å². The standard InChI is InChI=1S/C10H9NO5/c12-8-7(10(14)15)5-11(9(8)13)4-6-2-1-3-16-6/h1-3,7H,4-5H2,(H,14,15). The summed E-state index contributed by atoms with van der Waals surface area (Å²) in [5.41, 5.74) is 0. The van der Waals surface area contributed by atoms with Gasteiger partial charge in [-0.15, -0.1) is 0 Å². The van der Waals surface area contributed by atoms with Gasteiger partial charge in [0.25, 0.3) is 5.91 Å². The molecule has 2 rings (SSSR count). The van der Waals surface area contributed by atoms with Gasteiger partial charge >= 0.3 is 5.97 Å². The lowest BCUT2D eigenvalue weighted by atomic mass is 10.1. The van der Waals surface area contributed by atoms with Crippen molar-refractivity contribution in [3.05, 3.63) is 24.2 Å². The molecule has 1 unspecified atom stereocenters. The Bertz CT molecular complexity index is 436. The molecule has 1 fully saturated rings. The zero-order valence-corrected chi connectivity index (χ0v) is 8.25. The van der Waals surface area contributed by atoms with Crippen LogP contribution in [0.2, 0.25) is 0 Å². The van der Waals surface area contributed by atoms with Crippen LogP contribution < -0.4 is 0 Å². The number of carbonyl (C=O) groups is 3. The Labute approximate surface area is 90.4 Å². The first-order chi connectivity index (χ1) is 7.59. The molecule has 0 saturated carbocycles. The first-order valence-corrected chi connectivity index (χ1v) is 4.68. The summed E-state index contributed by atoms with van der Waals surface area (Å²) in [6, 6.07) is 3.32. The molecule has 1 atom stereocenters. The van der Waals surface area contributed by atoms with E-state index in [1.54, 1.807) is 12.1 Å². The molecule has 1 aromatic rings. The normalized spacial score (nSPS) is 20.5. The molecule has 0 aliphatic carbocycles. The van der Waals surface area contributed by atoms with Crippen LogP contribution in [-0.4, -0.2) is 34.2 Å². The predicted molar refractivity (Wildman–Crippen MR) is 50.3 cm³/mol. The summed E-state index contributed by atoms with van der Waals surface area (Å²) in [6.07, 6.45) is 1.45. The van der Waals surface area contributed by atoms with Gasteiger partial charge in [0.05, 0.1) is 12.8 Å². The lowest BCUT2D eigenvalue weighted by molar-refractivity contribution is -0.147. The number of amides is 1. The molecule has 0 radical (unpaired) electrons. The van der Waals surface area contributed by atoms with E-state index in [0.29, 0.717) is 5.76 Å². The Hall–Kier alpha value is -2.11. The van der Waals surface area contributed by atoms with E-state index in [1.807, 2.05) is 0 Å². The Morgan fingerprint density at radius 2 is 2.31 bits per heavy atom. The number of Topliss-reactive ketones (excluding diaryl/α,β-unsaturated/α-hetero) is 1. The van der Waals surface area contributed by atoms with Gasteiger partial charge in [-0.25, -0.2) is 0 Å². The zero-order chi connectivity index (χ0) is 11.7. The molecule has 2 heterocycles. The fourth-order valence-corrected chi connectivity index (χ4v) is 1.61. The van der Waals surface area contributed by atoms with Crippen LogP contribution in [0, 0.1) is 5.92 Å². The van der Waals surface area contributed by atoms with Gasteiger partial charge in [0, 0.05) is 6.54 Å². The number of carboxylic acids is 1. The van der Waals surface area contributed by atoms with Gasteiger partial charge < -0.3 is 14.4 Å². The molecule has 1 saturated heterocycles. The van der Waals surface area contributed by atoms with E-state index >= 15 is 0 Å². The van der Waals surface area contributed by atoms with Gasteiger partial charge in [0.15, 0.2) is 0 Å². The summed E-state index contributed by atoms with van der Waals surface area (Å²) in [5.74, 6) is -3.61. The maximum Gasteiger partial charge on any atom is 0.316 e. The van der Waals surface area contributed by atoms with E-state index in [1.165, 1.54) is 11.2 Å². The van der Waals surface area contributed by atoms with Crippen LogP contribution >= 0.6 is 0 Å². The van der Waals surface area contributed by atoms with E-state index in [0.717, 1.165) is 0 Å². The number of hydrogen-bond donors (Lipinski definition) is 1. The molecular formula is C10H9NO5. The number of furan rings is 1. The summed E-state index contributed by atoms with van der Waals surface area (Å²) in [5, 5.41) is 8.72. The first kappa shape index (κ1) is 10.4. The van der Waals surface area contributed by atoms with Gasteiger partial charge in [0.2, 0.25) is 5.78 Å². The molecule has 0 aromatic carbocycles. The van der Waals surface area contributed by atoms with Crippen molar-refractivity contribution >= 4 is 17.7 Å². The number of carboxylic acid groups (broad SMARTS) is 1. The molecule has 1 aliphatic heterocycles. The van der Waals surface area contributed by atoms with Crippen molar-refractivity contribution in [2.75, 3.05) is 6.54 Å². The van der Waals surface area contributed by atoms with Crippen molar-refractivity contribution in [2.24, 2.45) is 5.92 Å². The Kier molecular flexibility index (Phi) is 2.47. The lowest BCUT2D eigenvalue weighted by Gasteiger charge is -2.12. The fraction of sp³-hybridized carbons (Fsp3) is 0.300. The second-order valence-corrected chi connectivity index (χ2v) is 3.52. The Morgan fingerprint density at radius 3 is 2.81 bits per heavy atom. The van der Waals surface area contributed by atoms with Crippen molar-refractivity contribution in [1.29, 1.82) is 0 Å². The maximum atomic E-state index is 11.4. The van der Waals surface area contributed by atoms with E-state index in [2.05, 4.69) is 0 Å². The third-order valence-electron chi connectivity index (χ3n) is 2.44. The minimum absolute atomic E-state index is 0.0896. The van der Waals surface area contributed by atoms with Crippen molar-refractivity contribution < 1.29 is 23.9 Å². The van der Waals surface area contributed by atoms with E-state index in [4.69, 9.17) is 9.52 Å². The molecule has 0 bridgehead atoms. The SMILES string of the molecule is O=C(O)C1CN(Cc2ccco2)C(=O)C1=O. The van der Waals surface area contributed by atoms with Crippen molar-refractivity contribution in [3.63, 3.8) is 0 Å². The first-order valence-electron chi connectivity index (χ1n) is 4.68. The highest BCUT2D eigenvalue weighted by atomic mass is 16.4. The van der Waals surface area contributed by atoms with Crippen molar-refractivity contribution in [3.8, 4) is 0 Å². The number of likely N-dealkylation sites (tertiary alicyclic amines) is 1. The molecular weight excluding hydrogens is 214 g/mol. The average Bonchev–Trinajstić information content (AvgIpc) is 2.82. The second kappa shape index (κ2) is 3.80. The van der Waals surface area contributed by atoms with Crippen LogP contribution in [-0.2, 0) is 20.9 Å². The minimum Gasteiger partial charge on any atom is -0.481 e. The molecule has 16 heavy (non-hydrogen) atoms. The smallest absolute Gasteiger partial charge is 0.316 e.